The van der Waals surface area contributed by atoms with Crippen LogP contribution in [0.5, 0.6) is 0 Å². The lowest BCUT2D eigenvalue weighted by Crippen LogP contribution is -2.27. The number of pyridine rings is 1. The quantitative estimate of drug-likeness (QED) is 0.880. The number of hydrogen-bond acceptors (Lipinski definition) is 3. The number of aromatic amines is 1. The summed E-state index contributed by atoms with van der Waals surface area (Å²) in [4.78, 5) is 13.3. The van der Waals surface area contributed by atoms with Crippen molar-refractivity contribution < 1.29 is 8.42 Å². The van der Waals surface area contributed by atoms with Crippen LogP contribution < -0.4 is 10.3 Å². The third kappa shape index (κ3) is 3.56. The van der Waals surface area contributed by atoms with Crippen molar-refractivity contribution in [3.05, 3.63) is 63.0 Å². The fourth-order valence-corrected chi connectivity index (χ4v) is 3.15. The molecule has 1 unspecified atom stereocenters. The normalized spacial score (nSPS) is 13.1. The van der Waals surface area contributed by atoms with Gasteiger partial charge in [0, 0.05) is 22.8 Å². The van der Waals surface area contributed by atoms with Gasteiger partial charge in [0.05, 0.1) is 4.90 Å². The van der Waals surface area contributed by atoms with Crippen molar-refractivity contribution in [2.45, 2.75) is 17.9 Å². The van der Waals surface area contributed by atoms with Gasteiger partial charge in [-0.25, -0.2) is 13.1 Å². The molecule has 2 aromatic rings. The molecule has 106 valence electrons. The highest BCUT2D eigenvalue weighted by atomic mass is 79.9. The van der Waals surface area contributed by atoms with Crippen LogP contribution in [0.25, 0.3) is 0 Å². The second kappa shape index (κ2) is 5.90. The summed E-state index contributed by atoms with van der Waals surface area (Å²) in [7, 11) is -3.67. The Bertz CT molecular complexity index is 733. The molecule has 2 rings (SSSR count). The van der Waals surface area contributed by atoms with Crippen molar-refractivity contribution in [1.29, 1.82) is 0 Å². The topological polar surface area (TPSA) is 79.0 Å². The minimum Gasteiger partial charge on any atom is -0.328 e. The van der Waals surface area contributed by atoms with E-state index in [0.29, 0.717) is 0 Å². The third-order valence-corrected chi connectivity index (χ3v) is 4.83. The average Bonchev–Trinajstić information content (AvgIpc) is 2.39. The van der Waals surface area contributed by atoms with E-state index >= 15 is 0 Å². The molecule has 0 saturated heterocycles. The number of nitrogens with one attached hydrogen (secondary N) is 2. The van der Waals surface area contributed by atoms with Crippen LogP contribution in [0.1, 0.15) is 18.5 Å². The molecule has 1 aromatic heterocycles. The predicted molar refractivity (Wildman–Crippen MR) is 79.9 cm³/mol. The number of hydrogen-bond donors (Lipinski definition) is 2. The fraction of sp³-hybridized carbons (Fsp3) is 0.154. The van der Waals surface area contributed by atoms with E-state index in [4.69, 9.17) is 0 Å². The highest BCUT2D eigenvalue weighted by Gasteiger charge is 2.18. The lowest BCUT2D eigenvalue weighted by atomic mass is 10.1. The second-order valence-corrected chi connectivity index (χ2v) is 6.91. The molecule has 5 nitrogen and oxygen atoms in total. The summed E-state index contributed by atoms with van der Waals surface area (Å²) in [6, 6.07) is 9.45. The number of sulfonamides is 1. The zero-order valence-electron chi connectivity index (χ0n) is 10.6. The van der Waals surface area contributed by atoms with E-state index in [0.717, 1.165) is 10.0 Å². The van der Waals surface area contributed by atoms with Gasteiger partial charge in [-0.1, -0.05) is 28.1 Å². The van der Waals surface area contributed by atoms with Gasteiger partial charge in [0.1, 0.15) is 0 Å². The standard InChI is InChI=1S/C13H13BrN2O3S/c1-9(10-2-4-11(14)5-3-10)16-20(18,19)12-6-7-13(17)15-8-12/h2-9,16H,1H3,(H,15,17). The highest BCUT2D eigenvalue weighted by Crippen LogP contribution is 2.18. The summed E-state index contributed by atoms with van der Waals surface area (Å²) in [6.07, 6.45) is 1.18. The van der Waals surface area contributed by atoms with Crippen molar-refractivity contribution in [2.75, 3.05) is 0 Å². The minimum absolute atomic E-state index is 0.0288. The molecule has 0 amide bonds. The van der Waals surface area contributed by atoms with Crippen LogP contribution >= 0.6 is 15.9 Å². The van der Waals surface area contributed by atoms with E-state index in [2.05, 4.69) is 25.6 Å². The molecule has 1 heterocycles. The van der Waals surface area contributed by atoms with Gasteiger partial charge in [0.25, 0.3) is 0 Å². The number of H-pyrrole nitrogens is 1. The van der Waals surface area contributed by atoms with E-state index in [1.807, 2.05) is 24.3 Å². The molecule has 0 bridgehead atoms. The molecule has 20 heavy (non-hydrogen) atoms. The maximum absolute atomic E-state index is 12.2. The molecule has 0 saturated carbocycles. The predicted octanol–water partition coefficient (Wildman–Crippen LogP) is 2.18. The van der Waals surface area contributed by atoms with Crippen molar-refractivity contribution >= 4 is 26.0 Å². The lowest BCUT2D eigenvalue weighted by Gasteiger charge is -2.14. The minimum atomic E-state index is -3.67. The third-order valence-electron chi connectivity index (χ3n) is 2.77. The number of benzene rings is 1. The van der Waals surface area contributed by atoms with Crippen molar-refractivity contribution in [2.24, 2.45) is 0 Å². The van der Waals surface area contributed by atoms with Crippen LogP contribution in [0.15, 0.2) is 56.8 Å². The summed E-state index contributed by atoms with van der Waals surface area (Å²) >= 11 is 3.33. The SMILES string of the molecule is CC(NS(=O)(=O)c1ccc(=O)[nH]c1)c1ccc(Br)cc1. The molecule has 0 aliphatic carbocycles. The first-order chi connectivity index (χ1) is 9.38. The van der Waals surface area contributed by atoms with Crippen LogP contribution in [-0.4, -0.2) is 13.4 Å². The second-order valence-electron chi connectivity index (χ2n) is 4.28. The van der Waals surface area contributed by atoms with Crippen LogP contribution in [0.2, 0.25) is 0 Å². The van der Waals surface area contributed by atoms with Gasteiger partial charge in [0.15, 0.2) is 0 Å². The van der Waals surface area contributed by atoms with Crippen LogP contribution in [0, 0.1) is 0 Å². The maximum Gasteiger partial charge on any atom is 0.247 e. The first-order valence-electron chi connectivity index (χ1n) is 5.85. The zero-order chi connectivity index (χ0) is 14.8. The van der Waals surface area contributed by atoms with Crippen molar-refractivity contribution in [3.63, 3.8) is 0 Å². The van der Waals surface area contributed by atoms with Gasteiger partial charge in [-0.15, -0.1) is 0 Å². The molecule has 0 radical (unpaired) electrons. The van der Waals surface area contributed by atoms with Gasteiger partial charge < -0.3 is 4.98 Å². The van der Waals surface area contributed by atoms with E-state index in [-0.39, 0.29) is 16.5 Å². The molecule has 0 aliphatic rings. The van der Waals surface area contributed by atoms with Gasteiger partial charge in [-0.3, -0.25) is 4.79 Å². The Labute approximate surface area is 125 Å². The summed E-state index contributed by atoms with van der Waals surface area (Å²) in [5.41, 5.74) is 0.506. The zero-order valence-corrected chi connectivity index (χ0v) is 13.0. The van der Waals surface area contributed by atoms with Crippen LogP contribution in [0.3, 0.4) is 0 Å². The van der Waals surface area contributed by atoms with E-state index in [9.17, 15) is 13.2 Å². The van der Waals surface area contributed by atoms with Crippen LogP contribution in [-0.2, 0) is 10.0 Å². The van der Waals surface area contributed by atoms with Gasteiger partial charge in [-0.05, 0) is 30.7 Å². The first kappa shape index (κ1) is 15.0. The molecule has 7 heteroatoms. The summed E-state index contributed by atoms with van der Waals surface area (Å²) in [5.74, 6) is 0. The largest absolute Gasteiger partial charge is 0.328 e. The Morgan fingerprint density at radius 2 is 1.80 bits per heavy atom. The Kier molecular flexibility index (Phi) is 4.42. The van der Waals surface area contributed by atoms with E-state index < -0.39 is 10.0 Å². The Morgan fingerprint density at radius 3 is 2.35 bits per heavy atom. The van der Waals surface area contributed by atoms with Gasteiger partial charge in [-0.2, -0.15) is 0 Å². The summed E-state index contributed by atoms with van der Waals surface area (Å²) in [5, 5.41) is 0. The monoisotopic (exact) mass is 356 g/mol. The summed E-state index contributed by atoms with van der Waals surface area (Å²) in [6.45, 7) is 1.76. The van der Waals surface area contributed by atoms with Crippen molar-refractivity contribution in [3.8, 4) is 0 Å². The Morgan fingerprint density at radius 1 is 1.15 bits per heavy atom. The molecule has 0 aliphatic heterocycles. The average molecular weight is 357 g/mol. The lowest BCUT2D eigenvalue weighted by molar-refractivity contribution is 0.566. The maximum atomic E-state index is 12.2. The molecule has 1 aromatic carbocycles. The number of rotatable bonds is 4. The first-order valence-corrected chi connectivity index (χ1v) is 8.12. The van der Waals surface area contributed by atoms with Gasteiger partial charge in [0.2, 0.25) is 15.6 Å². The van der Waals surface area contributed by atoms with Gasteiger partial charge >= 0.3 is 0 Å². The van der Waals surface area contributed by atoms with Crippen LogP contribution in [0.4, 0.5) is 0 Å². The molecule has 2 N–H and O–H groups in total. The van der Waals surface area contributed by atoms with E-state index in [1.165, 1.54) is 18.3 Å². The molecule has 0 fully saturated rings. The molecule has 0 spiro atoms. The van der Waals surface area contributed by atoms with Crippen molar-refractivity contribution in [1.82, 2.24) is 9.71 Å². The molecular formula is C13H13BrN2O3S. The Balaban J connectivity index is 2.21. The smallest absolute Gasteiger partial charge is 0.247 e. The highest BCUT2D eigenvalue weighted by molar-refractivity contribution is 9.10. The fourth-order valence-electron chi connectivity index (χ4n) is 1.68. The molecule has 1 atom stereocenters. The Hall–Kier alpha value is -1.44. The number of halogens is 1. The number of aromatic nitrogens is 1. The van der Waals surface area contributed by atoms with E-state index in [1.54, 1.807) is 6.92 Å². The molecular weight excluding hydrogens is 344 g/mol. The summed E-state index contributed by atoms with van der Waals surface area (Å²) < 4.78 is 27.8.